The number of aliphatic hydroxyl groups is 1. The predicted molar refractivity (Wildman–Crippen MR) is 96.9 cm³/mol. The molecule has 0 spiro atoms. The number of fused-ring (bicyclic) bond motifs is 1. The third-order valence-corrected chi connectivity index (χ3v) is 4.43. The van der Waals surface area contributed by atoms with Crippen molar-refractivity contribution >= 4 is 22.6 Å². The molecule has 3 aromatic rings. The Labute approximate surface area is 146 Å². The van der Waals surface area contributed by atoms with E-state index in [9.17, 15) is 5.11 Å². The van der Waals surface area contributed by atoms with Crippen LogP contribution < -0.4 is 4.74 Å². The maximum absolute atomic E-state index is 9.31. The fourth-order valence-corrected chi connectivity index (χ4v) is 2.88. The van der Waals surface area contributed by atoms with E-state index in [4.69, 9.17) is 16.3 Å². The zero-order valence-corrected chi connectivity index (χ0v) is 14.7. The molecule has 1 heterocycles. The van der Waals surface area contributed by atoms with Crippen LogP contribution in [0.2, 0.25) is 5.02 Å². The molecule has 24 heavy (non-hydrogen) atoms. The standard InChI is InChI=1S/C19H21ClN2O2/c1-13-11-17-18(12-14(13)2)22(19(21-17)7-9-23)8-10-24-16-5-3-15(20)4-6-16/h3-6,11-12,23H,7-10H2,1-2H3. The van der Waals surface area contributed by atoms with Crippen LogP contribution in [0.15, 0.2) is 36.4 Å². The van der Waals surface area contributed by atoms with Gasteiger partial charge < -0.3 is 14.4 Å². The van der Waals surface area contributed by atoms with Crippen molar-refractivity contribution in [3.05, 3.63) is 58.4 Å². The maximum atomic E-state index is 9.31. The third kappa shape index (κ3) is 3.55. The van der Waals surface area contributed by atoms with Crippen molar-refractivity contribution < 1.29 is 9.84 Å². The molecule has 126 valence electrons. The molecule has 2 aromatic carbocycles. The van der Waals surface area contributed by atoms with Crippen LogP contribution in [-0.4, -0.2) is 27.9 Å². The number of nitrogens with zero attached hydrogens (tertiary/aromatic N) is 2. The van der Waals surface area contributed by atoms with Crippen LogP contribution in [0.5, 0.6) is 5.75 Å². The van der Waals surface area contributed by atoms with Crippen molar-refractivity contribution in [3.8, 4) is 5.75 Å². The van der Waals surface area contributed by atoms with E-state index < -0.39 is 0 Å². The molecule has 0 bridgehead atoms. The van der Waals surface area contributed by atoms with Crippen LogP contribution in [0, 0.1) is 13.8 Å². The van der Waals surface area contributed by atoms with Gasteiger partial charge in [0.2, 0.25) is 0 Å². The number of ether oxygens (including phenoxy) is 1. The molecule has 1 aromatic heterocycles. The quantitative estimate of drug-likeness (QED) is 0.737. The van der Waals surface area contributed by atoms with Crippen molar-refractivity contribution in [3.63, 3.8) is 0 Å². The maximum Gasteiger partial charge on any atom is 0.119 e. The Balaban J connectivity index is 1.82. The summed E-state index contributed by atoms with van der Waals surface area (Å²) in [7, 11) is 0. The molecule has 0 aliphatic rings. The second kappa shape index (κ2) is 7.24. The van der Waals surface area contributed by atoms with Gasteiger partial charge in [-0.05, 0) is 61.4 Å². The summed E-state index contributed by atoms with van der Waals surface area (Å²) in [5.74, 6) is 1.68. The van der Waals surface area contributed by atoms with E-state index in [0.29, 0.717) is 24.6 Å². The molecule has 0 fully saturated rings. The van der Waals surface area contributed by atoms with E-state index in [-0.39, 0.29) is 6.61 Å². The van der Waals surface area contributed by atoms with E-state index >= 15 is 0 Å². The minimum atomic E-state index is 0.0827. The molecule has 0 saturated heterocycles. The lowest BCUT2D eigenvalue weighted by atomic mass is 10.1. The topological polar surface area (TPSA) is 47.3 Å². The first kappa shape index (κ1) is 16.8. The Morgan fingerprint density at radius 1 is 1.12 bits per heavy atom. The van der Waals surface area contributed by atoms with Gasteiger partial charge in [0.05, 0.1) is 24.2 Å². The van der Waals surface area contributed by atoms with Gasteiger partial charge in [-0.25, -0.2) is 4.98 Å². The molecule has 1 N–H and O–H groups in total. The van der Waals surface area contributed by atoms with Crippen molar-refractivity contribution in [2.75, 3.05) is 13.2 Å². The molecule has 0 atom stereocenters. The Bertz CT molecular complexity index is 841. The number of aryl methyl sites for hydroxylation is 2. The first-order valence-electron chi connectivity index (χ1n) is 8.04. The summed E-state index contributed by atoms with van der Waals surface area (Å²) in [6.45, 7) is 5.47. The number of hydrogen-bond donors (Lipinski definition) is 1. The second-order valence-corrected chi connectivity index (χ2v) is 6.32. The normalized spacial score (nSPS) is 11.2. The number of imidazole rings is 1. The lowest BCUT2D eigenvalue weighted by Crippen LogP contribution is -2.12. The summed E-state index contributed by atoms with van der Waals surface area (Å²) >= 11 is 5.88. The van der Waals surface area contributed by atoms with Crippen molar-refractivity contribution in [1.82, 2.24) is 9.55 Å². The molecule has 3 rings (SSSR count). The van der Waals surface area contributed by atoms with Crippen LogP contribution in [0.3, 0.4) is 0 Å². The Morgan fingerprint density at radius 2 is 1.83 bits per heavy atom. The lowest BCUT2D eigenvalue weighted by molar-refractivity contribution is 0.283. The van der Waals surface area contributed by atoms with E-state index in [1.54, 1.807) is 0 Å². The largest absolute Gasteiger partial charge is 0.492 e. The number of benzene rings is 2. The first-order chi connectivity index (χ1) is 11.6. The van der Waals surface area contributed by atoms with Crippen molar-refractivity contribution in [2.45, 2.75) is 26.8 Å². The summed E-state index contributed by atoms with van der Waals surface area (Å²) in [5.41, 5.74) is 4.51. The Kier molecular flexibility index (Phi) is 5.07. The lowest BCUT2D eigenvalue weighted by Gasteiger charge is -2.11. The van der Waals surface area contributed by atoms with Crippen LogP contribution in [0.1, 0.15) is 17.0 Å². The van der Waals surface area contributed by atoms with E-state index in [1.165, 1.54) is 11.1 Å². The first-order valence-corrected chi connectivity index (χ1v) is 8.42. The second-order valence-electron chi connectivity index (χ2n) is 5.88. The number of aromatic nitrogens is 2. The average Bonchev–Trinajstić information content (AvgIpc) is 2.87. The summed E-state index contributed by atoms with van der Waals surface area (Å²) in [6.07, 6.45) is 0.535. The molecule has 0 unspecified atom stereocenters. The number of rotatable bonds is 6. The molecule has 0 amide bonds. The van der Waals surface area contributed by atoms with Gasteiger partial charge in [0.1, 0.15) is 18.2 Å². The summed E-state index contributed by atoms with van der Waals surface area (Å²) < 4.78 is 7.93. The van der Waals surface area contributed by atoms with Gasteiger partial charge in [-0.15, -0.1) is 0 Å². The van der Waals surface area contributed by atoms with Crippen molar-refractivity contribution in [2.24, 2.45) is 0 Å². The fourth-order valence-electron chi connectivity index (χ4n) is 2.76. The van der Waals surface area contributed by atoms with Gasteiger partial charge >= 0.3 is 0 Å². The predicted octanol–water partition coefficient (Wildman–Crippen LogP) is 3.92. The molecule has 0 saturated carbocycles. The van der Waals surface area contributed by atoms with Gasteiger partial charge in [0.25, 0.3) is 0 Å². The third-order valence-electron chi connectivity index (χ3n) is 4.18. The van der Waals surface area contributed by atoms with Gasteiger partial charge in [-0.1, -0.05) is 11.6 Å². The molecule has 0 radical (unpaired) electrons. The highest BCUT2D eigenvalue weighted by atomic mass is 35.5. The number of aliphatic hydroxyl groups excluding tert-OH is 1. The number of hydrogen-bond acceptors (Lipinski definition) is 3. The van der Waals surface area contributed by atoms with Gasteiger partial charge in [-0.3, -0.25) is 0 Å². The molecule has 0 aliphatic carbocycles. The van der Waals surface area contributed by atoms with Crippen LogP contribution in [0.4, 0.5) is 0 Å². The molecular weight excluding hydrogens is 324 g/mol. The fraction of sp³-hybridized carbons (Fsp3) is 0.316. The minimum absolute atomic E-state index is 0.0827. The average molecular weight is 345 g/mol. The van der Waals surface area contributed by atoms with Gasteiger partial charge in [0.15, 0.2) is 0 Å². The Morgan fingerprint density at radius 3 is 2.54 bits per heavy atom. The summed E-state index contributed by atoms with van der Waals surface area (Å²) in [5, 5.41) is 10.0. The Hall–Kier alpha value is -2.04. The molecule has 5 heteroatoms. The van der Waals surface area contributed by atoms with Crippen LogP contribution >= 0.6 is 11.6 Å². The van der Waals surface area contributed by atoms with Gasteiger partial charge in [-0.2, -0.15) is 0 Å². The van der Waals surface area contributed by atoms with E-state index in [2.05, 4.69) is 35.5 Å². The highest BCUT2D eigenvalue weighted by molar-refractivity contribution is 6.30. The molecule has 0 aliphatic heterocycles. The zero-order valence-electron chi connectivity index (χ0n) is 13.9. The van der Waals surface area contributed by atoms with E-state index in [1.807, 2.05) is 24.3 Å². The monoisotopic (exact) mass is 344 g/mol. The summed E-state index contributed by atoms with van der Waals surface area (Å²) in [6, 6.07) is 11.6. The SMILES string of the molecule is Cc1cc2nc(CCO)n(CCOc3ccc(Cl)cc3)c2cc1C. The molecule has 4 nitrogen and oxygen atoms in total. The molecular formula is C19H21ClN2O2. The highest BCUT2D eigenvalue weighted by Crippen LogP contribution is 2.22. The smallest absolute Gasteiger partial charge is 0.119 e. The van der Waals surface area contributed by atoms with E-state index in [0.717, 1.165) is 22.6 Å². The zero-order chi connectivity index (χ0) is 17.1. The highest BCUT2D eigenvalue weighted by Gasteiger charge is 2.12. The van der Waals surface area contributed by atoms with Gasteiger partial charge in [0, 0.05) is 11.4 Å². The minimum Gasteiger partial charge on any atom is -0.492 e. The van der Waals surface area contributed by atoms with Crippen LogP contribution in [0.25, 0.3) is 11.0 Å². The van der Waals surface area contributed by atoms with Crippen LogP contribution in [-0.2, 0) is 13.0 Å². The summed E-state index contributed by atoms with van der Waals surface area (Å²) in [4.78, 5) is 4.67. The van der Waals surface area contributed by atoms with Crippen molar-refractivity contribution in [1.29, 1.82) is 0 Å². The number of halogens is 1.